The summed E-state index contributed by atoms with van der Waals surface area (Å²) in [6, 6.07) is 11.5. The zero-order valence-corrected chi connectivity index (χ0v) is 15.5. The number of carbonyl (C=O) groups excluding carboxylic acids is 1. The molecule has 0 bridgehead atoms. The number of nitrogens with zero attached hydrogens (tertiary/aromatic N) is 1. The van der Waals surface area contributed by atoms with Crippen LogP contribution >= 0.6 is 11.3 Å². The van der Waals surface area contributed by atoms with Crippen molar-refractivity contribution in [3.63, 3.8) is 0 Å². The van der Waals surface area contributed by atoms with Gasteiger partial charge in [0.15, 0.2) is 11.5 Å². The van der Waals surface area contributed by atoms with Gasteiger partial charge in [-0.15, -0.1) is 11.3 Å². The quantitative estimate of drug-likeness (QED) is 0.763. The number of hydrogen-bond acceptors (Lipinski definition) is 4. The van der Waals surface area contributed by atoms with E-state index >= 15 is 0 Å². The normalized spacial score (nSPS) is 15.7. The Kier molecular flexibility index (Phi) is 4.42. The van der Waals surface area contributed by atoms with E-state index in [2.05, 4.69) is 5.32 Å². The zero-order chi connectivity index (χ0) is 18.1. The van der Waals surface area contributed by atoms with Crippen LogP contribution in [0.3, 0.4) is 0 Å². The minimum Gasteiger partial charge on any atom is -0.486 e. The molecular formula is C20H20N2O3S. The molecule has 3 aromatic rings. The third-order valence-electron chi connectivity index (χ3n) is 4.49. The fourth-order valence-electron chi connectivity index (χ4n) is 2.99. The van der Waals surface area contributed by atoms with Gasteiger partial charge in [0, 0.05) is 17.3 Å². The molecule has 26 heavy (non-hydrogen) atoms. The Bertz CT molecular complexity index is 931. The smallest absolute Gasteiger partial charge is 0.254 e. The number of benzene rings is 1. The molecule has 5 nitrogen and oxygen atoms in total. The van der Waals surface area contributed by atoms with E-state index in [1.807, 2.05) is 67.2 Å². The topological polar surface area (TPSA) is 52.5 Å². The summed E-state index contributed by atoms with van der Waals surface area (Å²) in [4.78, 5) is 14.0. The van der Waals surface area contributed by atoms with Gasteiger partial charge in [0.1, 0.15) is 17.7 Å². The van der Waals surface area contributed by atoms with Crippen LogP contribution < -0.4 is 14.8 Å². The van der Waals surface area contributed by atoms with Crippen LogP contribution in [0.15, 0.2) is 48.8 Å². The minimum atomic E-state index is -0.205. The fourth-order valence-corrected chi connectivity index (χ4v) is 4.11. The highest BCUT2D eigenvalue weighted by Crippen LogP contribution is 2.32. The molecule has 1 amide bonds. The molecule has 1 aliphatic rings. The maximum atomic E-state index is 12.9. The molecule has 0 fully saturated rings. The van der Waals surface area contributed by atoms with Crippen LogP contribution in [0.5, 0.6) is 11.5 Å². The van der Waals surface area contributed by atoms with Crippen LogP contribution in [0, 0.1) is 13.8 Å². The van der Waals surface area contributed by atoms with E-state index in [0.29, 0.717) is 18.9 Å². The summed E-state index contributed by atoms with van der Waals surface area (Å²) in [5.74, 6) is 1.38. The lowest BCUT2D eigenvalue weighted by Crippen LogP contribution is -2.41. The van der Waals surface area contributed by atoms with E-state index in [4.69, 9.17) is 9.47 Å². The molecule has 6 heteroatoms. The molecule has 1 N–H and O–H groups in total. The average Bonchev–Trinajstić information content (AvgIpc) is 3.28. The Labute approximate surface area is 156 Å². The fraction of sp³-hybridized carbons (Fsp3) is 0.250. The lowest BCUT2D eigenvalue weighted by molar-refractivity contribution is 0.0789. The van der Waals surface area contributed by atoms with Gasteiger partial charge in [-0.05, 0) is 43.7 Å². The maximum absolute atomic E-state index is 12.9. The molecular weight excluding hydrogens is 348 g/mol. The second kappa shape index (κ2) is 6.88. The Morgan fingerprint density at radius 2 is 1.92 bits per heavy atom. The van der Waals surface area contributed by atoms with Crippen LogP contribution in [0.1, 0.15) is 20.8 Å². The van der Waals surface area contributed by atoms with Crippen LogP contribution in [0.2, 0.25) is 0 Å². The van der Waals surface area contributed by atoms with Gasteiger partial charge in [-0.3, -0.25) is 4.79 Å². The van der Waals surface area contributed by atoms with Gasteiger partial charge in [0.2, 0.25) is 0 Å². The Hall–Kier alpha value is -2.73. The third-order valence-corrected chi connectivity index (χ3v) is 5.71. The zero-order valence-electron chi connectivity index (χ0n) is 14.7. The van der Waals surface area contributed by atoms with Gasteiger partial charge in [0.25, 0.3) is 5.91 Å². The number of aryl methyl sites for hydroxylation is 1. The van der Waals surface area contributed by atoms with Crippen molar-refractivity contribution in [3.05, 3.63) is 64.8 Å². The minimum absolute atomic E-state index is 0.0852. The van der Waals surface area contributed by atoms with E-state index in [9.17, 15) is 4.79 Å². The predicted octanol–water partition coefficient (Wildman–Crippen LogP) is 3.73. The van der Waals surface area contributed by atoms with Crippen molar-refractivity contribution in [2.45, 2.75) is 20.0 Å². The van der Waals surface area contributed by atoms with Crippen LogP contribution in [0.25, 0.3) is 5.00 Å². The molecule has 1 atom stereocenters. The Morgan fingerprint density at radius 3 is 2.69 bits per heavy atom. The van der Waals surface area contributed by atoms with Crippen molar-refractivity contribution in [2.75, 3.05) is 13.2 Å². The number of rotatable bonds is 4. The summed E-state index contributed by atoms with van der Waals surface area (Å²) in [7, 11) is 0. The second-order valence-corrected chi connectivity index (χ2v) is 7.46. The first-order valence-corrected chi connectivity index (χ1v) is 9.35. The number of hydrogen-bond donors (Lipinski definition) is 1. The first kappa shape index (κ1) is 16.7. The largest absolute Gasteiger partial charge is 0.486 e. The van der Waals surface area contributed by atoms with Crippen molar-refractivity contribution < 1.29 is 14.3 Å². The molecule has 2 aromatic heterocycles. The van der Waals surface area contributed by atoms with Crippen molar-refractivity contribution in [2.24, 2.45) is 0 Å². The van der Waals surface area contributed by atoms with E-state index in [1.165, 1.54) is 0 Å². The number of nitrogens with one attached hydrogen (secondary N) is 1. The molecule has 3 heterocycles. The number of thiophene rings is 1. The Balaban J connectivity index is 1.48. The van der Waals surface area contributed by atoms with Gasteiger partial charge >= 0.3 is 0 Å². The molecule has 0 saturated carbocycles. The lowest BCUT2D eigenvalue weighted by atomic mass is 10.1. The lowest BCUT2D eigenvalue weighted by Gasteiger charge is -2.26. The highest BCUT2D eigenvalue weighted by Gasteiger charge is 2.24. The summed E-state index contributed by atoms with van der Waals surface area (Å²) in [5, 5.41) is 3.94. The standard InChI is InChI=1S/C20H20N2O3S/c1-13-14(2)26-20(22-9-5-6-10-22)18(13)19(23)21-11-15-12-24-16-7-3-4-8-17(16)25-15/h3-10,15H,11-12H2,1-2H3,(H,21,23). The number of carbonyl (C=O) groups is 1. The molecule has 0 saturated heterocycles. The number of aromatic nitrogens is 1. The first-order chi connectivity index (χ1) is 12.6. The van der Waals surface area contributed by atoms with Crippen LogP contribution in [-0.4, -0.2) is 29.7 Å². The highest BCUT2D eigenvalue weighted by atomic mass is 32.1. The van der Waals surface area contributed by atoms with Gasteiger partial charge in [-0.1, -0.05) is 12.1 Å². The third kappa shape index (κ3) is 3.08. The van der Waals surface area contributed by atoms with E-state index in [1.54, 1.807) is 11.3 Å². The molecule has 0 spiro atoms. The summed E-state index contributed by atoms with van der Waals surface area (Å²) in [6.45, 7) is 4.85. The first-order valence-electron chi connectivity index (χ1n) is 8.53. The summed E-state index contributed by atoms with van der Waals surface area (Å²) in [6.07, 6.45) is 3.71. The van der Waals surface area contributed by atoms with Crippen LogP contribution in [0.4, 0.5) is 0 Å². The summed E-state index contributed by atoms with van der Waals surface area (Å²) >= 11 is 1.63. The molecule has 0 radical (unpaired) electrons. The molecule has 1 unspecified atom stereocenters. The van der Waals surface area contributed by atoms with Gasteiger partial charge in [0.05, 0.1) is 12.1 Å². The van der Waals surface area contributed by atoms with Crippen molar-refractivity contribution in [1.29, 1.82) is 0 Å². The molecule has 1 aliphatic heterocycles. The van der Waals surface area contributed by atoms with Crippen molar-refractivity contribution >= 4 is 17.2 Å². The number of fused-ring (bicyclic) bond motifs is 1. The average molecular weight is 368 g/mol. The van der Waals surface area contributed by atoms with E-state index in [-0.39, 0.29) is 12.0 Å². The van der Waals surface area contributed by atoms with Gasteiger partial charge < -0.3 is 19.4 Å². The van der Waals surface area contributed by atoms with Gasteiger partial charge in [-0.2, -0.15) is 0 Å². The number of amides is 1. The molecule has 1 aromatic carbocycles. The van der Waals surface area contributed by atoms with Gasteiger partial charge in [-0.25, -0.2) is 0 Å². The van der Waals surface area contributed by atoms with E-state index < -0.39 is 0 Å². The monoisotopic (exact) mass is 368 g/mol. The van der Waals surface area contributed by atoms with Crippen molar-refractivity contribution in [3.8, 4) is 16.5 Å². The predicted molar refractivity (Wildman–Crippen MR) is 102 cm³/mol. The van der Waals surface area contributed by atoms with Crippen molar-refractivity contribution in [1.82, 2.24) is 9.88 Å². The summed E-state index contributed by atoms with van der Waals surface area (Å²) < 4.78 is 13.6. The highest BCUT2D eigenvalue weighted by molar-refractivity contribution is 7.15. The summed E-state index contributed by atoms with van der Waals surface area (Å²) in [5.41, 5.74) is 1.74. The molecule has 134 valence electrons. The second-order valence-electron chi connectivity index (χ2n) is 6.26. The van der Waals surface area contributed by atoms with Crippen LogP contribution in [-0.2, 0) is 0 Å². The SMILES string of the molecule is Cc1sc(-n2cccc2)c(C(=O)NCC2COc3ccccc3O2)c1C. The number of para-hydroxylation sites is 2. The molecule has 0 aliphatic carbocycles. The maximum Gasteiger partial charge on any atom is 0.254 e. The molecule has 4 rings (SSSR count). The number of ether oxygens (including phenoxy) is 2. The van der Waals surface area contributed by atoms with E-state index in [0.717, 1.165) is 26.8 Å². The Morgan fingerprint density at radius 1 is 1.19 bits per heavy atom.